The minimum absolute atomic E-state index is 0.179. The highest BCUT2D eigenvalue weighted by Crippen LogP contribution is 2.25. The minimum Gasteiger partial charge on any atom is -0.343 e. The van der Waals surface area contributed by atoms with Crippen LogP contribution < -0.4 is 0 Å². The SMILES string of the molecule is Cc1cc(F)ccc1Cn1ccc2c(Br)cccc21. The quantitative estimate of drug-likeness (QED) is 0.633. The number of aryl methyl sites for hydroxylation is 1. The molecule has 0 aliphatic carbocycles. The predicted octanol–water partition coefficient (Wildman–Crippen LogP) is 4.90. The first-order valence-electron chi connectivity index (χ1n) is 6.13. The van der Waals surface area contributed by atoms with Crippen LogP contribution in [-0.4, -0.2) is 4.57 Å². The highest BCUT2D eigenvalue weighted by molar-refractivity contribution is 9.10. The fourth-order valence-corrected chi connectivity index (χ4v) is 2.83. The van der Waals surface area contributed by atoms with Gasteiger partial charge in [0.1, 0.15) is 5.82 Å². The van der Waals surface area contributed by atoms with E-state index in [1.165, 1.54) is 17.0 Å². The fraction of sp³-hybridized carbons (Fsp3) is 0.125. The summed E-state index contributed by atoms with van der Waals surface area (Å²) in [6.45, 7) is 2.70. The molecule has 0 spiro atoms. The van der Waals surface area contributed by atoms with E-state index in [-0.39, 0.29) is 5.82 Å². The van der Waals surface area contributed by atoms with Crippen LogP contribution in [-0.2, 0) is 6.54 Å². The summed E-state index contributed by atoms with van der Waals surface area (Å²) in [5, 5.41) is 1.20. The monoisotopic (exact) mass is 317 g/mol. The van der Waals surface area contributed by atoms with Gasteiger partial charge in [0.15, 0.2) is 0 Å². The first kappa shape index (κ1) is 12.4. The molecule has 96 valence electrons. The third-order valence-electron chi connectivity index (χ3n) is 3.41. The van der Waals surface area contributed by atoms with E-state index < -0.39 is 0 Å². The summed E-state index contributed by atoms with van der Waals surface area (Å²) in [4.78, 5) is 0. The Morgan fingerprint density at radius 2 is 2.00 bits per heavy atom. The number of rotatable bonds is 2. The number of halogens is 2. The molecule has 0 N–H and O–H groups in total. The molecule has 19 heavy (non-hydrogen) atoms. The molecule has 3 heteroatoms. The first-order chi connectivity index (χ1) is 9.15. The van der Waals surface area contributed by atoms with Crippen LogP contribution in [0.5, 0.6) is 0 Å². The maximum atomic E-state index is 13.1. The van der Waals surface area contributed by atoms with Crippen LogP contribution >= 0.6 is 15.9 Å². The van der Waals surface area contributed by atoms with Crippen molar-refractivity contribution in [2.75, 3.05) is 0 Å². The summed E-state index contributed by atoms with van der Waals surface area (Å²) in [5.74, 6) is -0.179. The average Bonchev–Trinajstić information content (AvgIpc) is 2.78. The van der Waals surface area contributed by atoms with E-state index in [0.29, 0.717) is 0 Å². The van der Waals surface area contributed by atoms with Gasteiger partial charge in [-0.15, -0.1) is 0 Å². The third-order valence-corrected chi connectivity index (χ3v) is 4.10. The van der Waals surface area contributed by atoms with E-state index in [1.54, 1.807) is 6.07 Å². The van der Waals surface area contributed by atoms with Gasteiger partial charge in [0.05, 0.1) is 0 Å². The second-order valence-electron chi connectivity index (χ2n) is 4.69. The smallest absolute Gasteiger partial charge is 0.123 e. The molecule has 0 saturated heterocycles. The molecule has 0 radical (unpaired) electrons. The Morgan fingerprint density at radius 1 is 1.16 bits per heavy atom. The Hall–Kier alpha value is -1.61. The zero-order valence-corrected chi connectivity index (χ0v) is 12.1. The van der Waals surface area contributed by atoms with Crippen LogP contribution in [0.15, 0.2) is 53.1 Å². The molecule has 3 rings (SSSR count). The van der Waals surface area contributed by atoms with Crippen molar-refractivity contribution >= 4 is 26.8 Å². The fourth-order valence-electron chi connectivity index (χ4n) is 2.34. The Morgan fingerprint density at radius 3 is 2.79 bits per heavy atom. The number of fused-ring (bicyclic) bond motifs is 1. The molecule has 0 aliphatic rings. The number of nitrogens with zero attached hydrogens (tertiary/aromatic N) is 1. The third kappa shape index (κ3) is 2.30. The molecule has 0 unspecified atom stereocenters. The van der Waals surface area contributed by atoms with Crippen molar-refractivity contribution in [2.24, 2.45) is 0 Å². The molecule has 0 atom stereocenters. The van der Waals surface area contributed by atoms with E-state index in [4.69, 9.17) is 0 Å². The molecule has 3 aromatic rings. The van der Waals surface area contributed by atoms with Crippen LogP contribution in [0, 0.1) is 12.7 Å². The lowest BCUT2D eigenvalue weighted by atomic mass is 10.1. The van der Waals surface area contributed by atoms with Crippen molar-refractivity contribution in [2.45, 2.75) is 13.5 Å². The Labute approximate surface area is 119 Å². The van der Waals surface area contributed by atoms with E-state index >= 15 is 0 Å². The molecule has 2 aromatic carbocycles. The minimum atomic E-state index is -0.179. The summed E-state index contributed by atoms with van der Waals surface area (Å²) in [7, 11) is 0. The van der Waals surface area contributed by atoms with Gasteiger partial charge in [-0.3, -0.25) is 0 Å². The second kappa shape index (κ2) is 4.82. The van der Waals surface area contributed by atoms with Crippen molar-refractivity contribution in [1.82, 2.24) is 4.57 Å². The van der Waals surface area contributed by atoms with Gasteiger partial charge in [0.2, 0.25) is 0 Å². The summed E-state index contributed by atoms with van der Waals surface area (Å²) in [6, 6.07) is 13.2. The van der Waals surface area contributed by atoms with Crippen LogP contribution in [0.2, 0.25) is 0 Å². The highest BCUT2D eigenvalue weighted by Gasteiger charge is 2.06. The molecule has 0 bridgehead atoms. The predicted molar refractivity (Wildman–Crippen MR) is 79.9 cm³/mol. The van der Waals surface area contributed by atoms with E-state index in [1.807, 2.05) is 25.1 Å². The van der Waals surface area contributed by atoms with Gasteiger partial charge >= 0.3 is 0 Å². The Balaban J connectivity index is 2.04. The summed E-state index contributed by atoms with van der Waals surface area (Å²) < 4.78 is 16.4. The highest BCUT2D eigenvalue weighted by atomic mass is 79.9. The number of benzene rings is 2. The lowest BCUT2D eigenvalue weighted by molar-refractivity contribution is 0.625. The summed E-state index contributed by atoms with van der Waals surface area (Å²) in [6.07, 6.45) is 2.07. The van der Waals surface area contributed by atoms with Gasteiger partial charge in [0, 0.05) is 28.1 Å². The average molecular weight is 318 g/mol. The maximum absolute atomic E-state index is 13.1. The molecule has 1 nitrogen and oxygen atoms in total. The van der Waals surface area contributed by atoms with E-state index in [2.05, 4.69) is 38.8 Å². The van der Waals surface area contributed by atoms with Crippen molar-refractivity contribution in [3.05, 3.63) is 70.1 Å². The molecule has 1 aromatic heterocycles. The first-order valence-corrected chi connectivity index (χ1v) is 6.93. The van der Waals surface area contributed by atoms with Gasteiger partial charge in [-0.2, -0.15) is 0 Å². The normalized spacial score (nSPS) is 11.1. The van der Waals surface area contributed by atoms with Gasteiger partial charge in [-0.1, -0.05) is 28.1 Å². The zero-order chi connectivity index (χ0) is 13.4. The van der Waals surface area contributed by atoms with Gasteiger partial charge in [-0.05, 0) is 48.4 Å². The van der Waals surface area contributed by atoms with Crippen LogP contribution in [0.1, 0.15) is 11.1 Å². The van der Waals surface area contributed by atoms with Gasteiger partial charge < -0.3 is 4.57 Å². The topological polar surface area (TPSA) is 4.93 Å². The van der Waals surface area contributed by atoms with Crippen LogP contribution in [0.25, 0.3) is 10.9 Å². The summed E-state index contributed by atoms with van der Waals surface area (Å²) >= 11 is 3.56. The largest absolute Gasteiger partial charge is 0.343 e. The Bertz CT molecular complexity index is 746. The van der Waals surface area contributed by atoms with E-state index in [9.17, 15) is 4.39 Å². The number of hydrogen-bond acceptors (Lipinski definition) is 0. The number of aromatic nitrogens is 1. The van der Waals surface area contributed by atoms with Gasteiger partial charge in [-0.25, -0.2) is 4.39 Å². The molecule has 0 fully saturated rings. The van der Waals surface area contributed by atoms with Crippen molar-refractivity contribution in [3.8, 4) is 0 Å². The lowest BCUT2D eigenvalue weighted by Gasteiger charge is -2.09. The molecular formula is C16H13BrFN. The van der Waals surface area contributed by atoms with Crippen molar-refractivity contribution in [1.29, 1.82) is 0 Å². The van der Waals surface area contributed by atoms with Crippen LogP contribution in [0.3, 0.4) is 0 Å². The van der Waals surface area contributed by atoms with Crippen molar-refractivity contribution in [3.63, 3.8) is 0 Å². The Kier molecular flexibility index (Phi) is 3.15. The van der Waals surface area contributed by atoms with E-state index in [0.717, 1.165) is 22.1 Å². The second-order valence-corrected chi connectivity index (χ2v) is 5.54. The number of hydrogen-bond donors (Lipinski definition) is 0. The molecule has 0 aliphatic heterocycles. The molecular weight excluding hydrogens is 305 g/mol. The molecule has 0 amide bonds. The molecule has 1 heterocycles. The lowest BCUT2D eigenvalue weighted by Crippen LogP contribution is -2.00. The molecule has 0 saturated carbocycles. The van der Waals surface area contributed by atoms with Crippen LogP contribution in [0.4, 0.5) is 4.39 Å². The maximum Gasteiger partial charge on any atom is 0.123 e. The summed E-state index contributed by atoms with van der Waals surface area (Å²) in [5.41, 5.74) is 3.30. The standard InChI is InChI=1S/C16H13BrFN/c1-11-9-13(18)6-5-12(11)10-19-8-7-14-15(17)3-2-4-16(14)19/h2-9H,10H2,1H3. The van der Waals surface area contributed by atoms with Gasteiger partial charge in [0.25, 0.3) is 0 Å². The van der Waals surface area contributed by atoms with Crippen molar-refractivity contribution < 1.29 is 4.39 Å². The zero-order valence-electron chi connectivity index (χ0n) is 10.5.